The summed E-state index contributed by atoms with van der Waals surface area (Å²) in [6, 6.07) is 12.0. The van der Waals surface area contributed by atoms with Crippen LogP contribution in [0.25, 0.3) is 10.1 Å². The van der Waals surface area contributed by atoms with Gasteiger partial charge in [-0.2, -0.15) is 0 Å². The van der Waals surface area contributed by atoms with E-state index in [1.165, 1.54) is 50.6 Å². The zero-order chi connectivity index (χ0) is 22.9. The SMILES string of the molecule is CCCCCCCCOc1ccc(C(=O)Oc2ccc3c(Cl)c(C(=O)OC)sc3c2)cc1. The van der Waals surface area contributed by atoms with Crippen LogP contribution in [-0.2, 0) is 4.74 Å². The van der Waals surface area contributed by atoms with Crippen LogP contribution < -0.4 is 9.47 Å². The average Bonchev–Trinajstić information content (AvgIpc) is 3.14. The van der Waals surface area contributed by atoms with Crippen molar-refractivity contribution in [3.05, 3.63) is 57.9 Å². The van der Waals surface area contributed by atoms with Crippen LogP contribution in [0.4, 0.5) is 0 Å². The van der Waals surface area contributed by atoms with Crippen LogP contribution in [0.5, 0.6) is 11.5 Å². The van der Waals surface area contributed by atoms with Crippen LogP contribution in [0.3, 0.4) is 0 Å². The fourth-order valence-corrected chi connectivity index (χ4v) is 4.71. The summed E-state index contributed by atoms with van der Waals surface area (Å²) in [5.41, 5.74) is 0.427. The van der Waals surface area contributed by atoms with Gasteiger partial charge in [0.05, 0.1) is 24.3 Å². The molecule has 3 aromatic rings. The second-order valence-corrected chi connectivity index (χ2v) is 8.86. The molecular weight excluding hydrogens is 448 g/mol. The van der Waals surface area contributed by atoms with Crippen molar-refractivity contribution in [2.24, 2.45) is 0 Å². The highest BCUT2D eigenvalue weighted by atomic mass is 35.5. The number of benzene rings is 2. The molecule has 0 saturated heterocycles. The van der Waals surface area contributed by atoms with Gasteiger partial charge in [0, 0.05) is 10.1 Å². The number of ether oxygens (including phenoxy) is 3. The quantitative estimate of drug-likeness (QED) is 0.166. The average molecular weight is 475 g/mol. The standard InChI is InChI=1S/C25H27ClO5S/c1-3-4-5-6-7-8-15-30-18-11-9-17(10-12-18)24(27)31-19-13-14-20-21(16-19)32-23(22(20)26)25(28)29-2/h9-14,16H,3-8,15H2,1-2H3. The first-order chi connectivity index (χ1) is 15.5. The fraction of sp³-hybridized carbons (Fsp3) is 0.360. The van der Waals surface area contributed by atoms with Crippen LogP contribution in [0.1, 0.15) is 65.5 Å². The van der Waals surface area contributed by atoms with Crippen molar-refractivity contribution in [2.45, 2.75) is 45.4 Å². The van der Waals surface area contributed by atoms with E-state index in [1.807, 2.05) is 0 Å². The Morgan fingerprint density at radius 2 is 1.59 bits per heavy atom. The van der Waals surface area contributed by atoms with Crippen molar-refractivity contribution >= 4 is 45.0 Å². The first-order valence-corrected chi connectivity index (χ1v) is 12.0. The van der Waals surface area contributed by atoms with Gasteiger partial charge in [-0.3, -0.25) is 0 Å². The number of carbonyl (C=O) groups is 2. The summed E-state index contributed by atoms with van der Waals surface area (Å²) >= 11 is 7.46. The first-order valence-electron chi connectivity index (χ1n) is 10.8. The highest BCUT2D eigenvalue weighted by molar-refractivity contribution is 7.21. The molecule has 1 heterocycles. The molecule has 170 valence electrons. The van der Waals surface area contributed by atoms with Crippen molar-refractivity contribution in [3.8, 4) is 11.5 Å². The van der Waals surface area contributed by atoms with Gasteiger partial charge in [0.2, 0.25) is 0 Å². The maximum Gasteiger partial charge on any atom is 0.349 e. The lowest BCUT2D eigenvalue weighted by molar-refractivity contribution is 0.0606. The summed E-state index contributed by atoms with van der Waals surface area (Å²) < 4.78 is 16.7. The predicted molar refractivity (Wildman–Crippen MR) is 128 cm³/mol. The number of unbranched alkanes of at least 4 members (excludes halogenated alkanes) is 5. The number of thiophene rings is 1. The Labute approximate surface area is 197 Å². The van der Waals surface area contributed by atoms with Crippen molar-refractivity contribution in [1.29, 1.82) is 0 Å². The van der Waals surface area contributed by atoms with Gasteiger partial charge in [-0.1, -0.05) is 50.6 Å². The predicted octanol–water partition coefficient (Wildman–Crippen LogP) is 7.30. The first kappa shape index (κ1) is 24.1. The molecule has 0 spiro atoms. The molecule has 0 aliphatic rings. The third kappa shape index (κ3) is 6.24. The lowest BCUT2D eigenvalue weighted by Crippen LogP contribution is -2.08. The van der Waals surface area contributed by atoms with Crippen LogP contribution in [0, 0.1) is 0 Å². The summed E-state index contributed by atoms with van der Waals surface area (Å²) in [6.45, 7) is 2.88. The van der Waals surface area contributed by atoms with Gasteiger partial charge in [0.15, 0.2) is 0 Å². The normalized spacial score (nSPS) is 10.8. The number of methoxy groups -OCH3 is 1. The molecule has 2 aromatic carbocycles. The van der Waals surface area contributed by atoms with E-state index in [4.69, 9.17) is 25.8 Å². The summed E-state index contributed by atoms with van der Waals surface area (Å²) in [5.74, 6) is 0.150. The molecule has 5 nitrogen and oxygen atoms in total. The number of esters is 2. The van der Waals surface area contributed by atoms with E-state index in [-0.39, 0.29) is 0 Å². The van der Waals surface area contributed by atoms with Gasteiger partial charge in [-0.25, -0.2) is 9.59 Å². The number of rotatable bonds is 11. The Kier molecular flexibility index (Phi) is 8.94. The number of carbonyl (C=O) groups excluding carboxylic acids is 2. The lowest BCUT2D eigenvalue weighted by Gasteiger charge is -2.08. The second-order valence-electron chi connectivity index (χ2n) is 7.42. The molecule has 0 fully saturated rings. The largest absolute Gasteiger partial charge is 0.494 e. The number of hydrogen-bond donors (Lipinski definition) is 0. The van der Waals surface area contributed by atoms with Crippen molar-refractivity contribution in [1.82, 2.24) is 0 Å². The molecule has 0 aliphatic heterocycles. The van der Waals surface area contributed by atoms with Crippen LogP contribution in [-0.4, -0.2) is 25.7 Å². The summed E-state index contributed by atoms with van der Waals surface area (Å²) in [7, 11) is 1.31. The third-order valence-corrected chi connectivity index (χ3v) is 6.68. The molecule has 0 atom stereocenters. The highest BCUT2D eigenvalue weighted by Gasteiger charge is 2.18. The number of fused-ring (bicyclic) bond motifs is 1. The number of hydrogen-bond acceptors (Lipinski definition) is 6. The van der Waals surface area contributed by atoms with Crippen molar-refractivity contribution < 1.29 is 23.8 Å². The van der Waals surface area contributed by atoms with Crippen LogP contribution in [0.2, 0.25) is 5.02 Å². The van der Waals surface area contributed by atoms with Gasteiger partial charge in [0.25, 0.3) is 0 Å². The Morgan fingerprint density at radius 1 is 0.906 bits per heavy atom. The minimum absolute atomic E-state index is 0.323. The molecular formula is C25H27ClO5S. The van der Waals surface area contributed by atoms with E-state index >= 15 is 0 Å². The fourth-order valence-electron chi connectivity index (χ4n) is 3.26. The Morgan fingerprint density at radius 3 is 2.31 bits per heavy atom. The zero-order valence-electron chi connectivity index (χ0n) is 18.3. The molecule has 1 aromatic heterocycles. The molecule has 0 amide bonds. The summed E-state index contributed by atoms with van der Waals surface area (Å²) in [4.78, 5) is 24.7. The molecule has 7 heteroatoms. The van der Waals surface area contributed by atoms with E-state index < -0.39 is 11.9 Å². The molecule has 32 heavy (non-hydrogen) atoms. The van der Waals surface area contributed by atoms with E-state index in [2.05, 4.69) is 6.92 Å². The lowest BCUT2D eigenvalue weighted by atomic mass is 10.1. The third-order valence-electron chi connectivity index (χ3n) is 5.04. The Hall–Kier alpha value is -2.57. The maximum absolute atomic E-state index is 12.5. The van der Waals surface area contributed by atoms with Gasteiger partial charge < -0.3 is 14.2 Å². The van der Waals surface area contributed by atoms with Crippen molar-refractivity contribution in [3.63, 3.8) is 0 Å². The zero-order valence-corrected chi connectivity index (χ0v) is 19.9. The van der Waals surface area contributed by atoms with E-state index in [0.717, 1.165) is 16.9 Å². The van der Waals surface area contributed by atoms with Crippen molar-refractivity contribution in [2.75, 3.05) is 13.7 Å². The molecule has 0 bridgehead atoms. The van der Waals surface area contributed by atoms with Crippen LogP contribution in [0.15, 0.2) is 42.5 Å². The molecule has 0 aliphatic carbocycles. The van der Waals surface area contributed by atoms with Gasteiger partial charge in [-0.15, -0.1) is 11.3 Å². The minimum atomic E-state index is -0.492. The second kappa shape index (κ2) is 11.9. The summed E-state index contributed by atoms with van der Waals surface area (Å²) in [6.07, 6.45) is 7.27. The van der Waals surface area contributed by atoms with E-state index in [1.54, 1.807) is 42.5 Å². The monoisotopic (exact) mass is 474 g/mol. The van der Waals surface area contributed by atoms with Gasteiger partial charge >= 0.3 is 11.9 Å². The molecule has 0 N–H and O–H groups in total. The Bertz CT molecular complexity index is 1060. The van der Waals surface area contributed by atoms with E-state index in [9.17, 15) is 9.59 Å². The molecule has 0 radical (unpaired) electrons. The van der Waals surface area contributed by atoms with Crippen LogP contribution >= 0.6 is 22.9 Å². The topological polar surface area (TPSA) is 61.8 Å². The molecule has 3 rings (SSSR count). The number of halogens is 1. The molecule has 0 saturated carbocycles. The van der Waals surface area contributed by atoms with E-state index in [0.29, 0.717) is 33.2 Å². The van der Waals surface area contributed by atoms with Gasteiger partial charge in [-0.05, 0) is 48.9 Å². The molecule has 0 unspecified atom stereocenters. The van der Waals surface area contributed by atoms with Gasteiger partial charge in [0.1, 0.15) is 16.4 Å². The summed E-state index contributed by atoms with van der Waals surface area (Å²) in [5, 5.41) is 1.05. The maximum atomic E-state index is 12.5. The highest BCUT2D eigenvalue weighted by Crippen LogP contribution is 2.37. The minimum Gasteiger partial charge on any atom is -0.494 e. The Balaban J connectivity index is 1.55. The smallest absolute Gasteiger partial charge is 0.349 e.